The van der Waals surface area contributed by atoms with E-state index in [9.17, 15) is 13.2 Å². The molecule has 0 fully saturated rings. The van der Waals surface area contributed by atoms with Crippen LogP contribution < -0.4 is 10.6 Å². The minimum absolute atomic E-state index is 0.120. The zero-order valence-corrected chi connectivity index (χ0v) is 14.9. The number of aromatic nitrogens is 3. The van der Waals surface area contributed by atoms with E-state index in [1.807, 2.05) is 0 Å². The Morgan fingerprint density at radius 3 is 2.68 bits per heavy atom. The SMILES string of the molecule is Cc1ccc(F)c(-c2cc(Nc3ccnc(C=N)c3NCC(F)F)ccn2)n1. The molecule has 0 aliphatic rings. The van der Waals surface area contributed by atoms with Crippen LogP contribution in [0, 0.1) is 18.2 Å². The molecule has 3 rings (SSSR count). The fourth-order valence-electron chi connectivity index (χ4n) is 2.57. The van der Waals surface area contributed by atoms with Crippen LogP contribution in [0.4, 0.5) is 30.2 Å². The fourth-order valence-corrected chi connectivity index (χ4v) is 2.57. The topological polar surface area (TPSA) is 86.6 Å². The predicted molar refractivity (Wildman–Crippen MR) is 102 cm³/mol. The van der Waals surface area contributed by atoms with Gasteiger partial charge in [0.05, 0.1) is 23.6 Å². The summed E-state index contributed by atoms with van der Waals surface area (Å²) >= 11 is 0. The zero-order valence-electron chi connectivity index (χ0n) is 14.9. The van der Waals surface area contributed by atoms with E-state index in [1.54, 1.807) is 31.2 Å². The first-order chi connectivity index (χ1) is 13.5. The second-order valence-corrected chi connectivity index (χ2v) is 5.87. The average Bonchev–Trinajstić information content (AvgIpc) is 2.68. The van der Waals surface area contributed by atoms with Gasteiger partial charge in [0.1, 0.15) is 11.4 Å². The molecule has 0 aliphatic heterocycles. The molecule has 144 valence electrons. The van der Waals surface area contributed by atoms with Crippen LogP contribution in [0.2, 0.25) is 0 Å². The van der Waals surface area contributed by atoms with Gasteiger partial charge in [-0.05, 0) is 37.3 Å². The maximum Gasteiger partial charge on any atom is 0.255 e. The third-order valence-electron chi connectivity index (χ3n) is 3.82. The average molecular weight is 386 g/mol. The highest BCUT2D eigenvalue weighted by Gasteiger charge is 2.13. The Balaban J connectivity index is 1.94. The Morgan fingerprint density at radius 2 is 1.93 bits per heavy atom. The van der Waals surface area contributed by atoms with Gasteiger partial charge in [-0.3, -0.25) is 9.97 Å². The quantitative estimate of drug-likeness (QED) is 0.524. The molecule has 0 aliphatic carbocycles. The maximum absolute atomic E-state index is 14.1. The van der Waals surface area contributed by atoms with Crippen LogP contribution in [0.25, 0.3) is 11.4 Å². The van der Waals surface area contributed by atoms with Crippen molar-refractivity contribution >= 4 is 23.3 Å². The molecule has 3 heterocycles. The molecule has 0 saturated heterocycles. The van der Waals surface area contributed by atoms with Gasteiger partial charge in [0.2, 0.25) is 0 Å². The molecule has 0 bridgehead atoms. The van der Waals surface area contributed by atoms with Crippen molar-refractivity contribution in [2.75, 3.05) is 17.2 Å². The van der Waals surface area contributed by atoms with Gasteiger partial charge in [-0.2, -0.15) is 0 Å². The lowest BCUT2D eigenvalue weighted by Crippen LogP contribution is -2.13. The summed E-state index contributed by atoms with van der Waals surface area (Å²) < 4.78 is 39.3. The number of pyridine rings is 3. The molecule has 9 heteroatoms. The second-order valence-electron chi connectivity index (χ2n) is 5.87. The van der Waals surface area contributed by atoms with Crippen molar-refractivity contribution in [2.24, 2.45) is 0 Å². The van der Waals surface area contributed by atoms with Gasteiger partial charge in [0.25, 0.3) is 6.43 Å². The second kappa shape index (κ2) is 8.47. The van der Waals surface area contributed by atoms with Crippen LogP contribution in [0.15, 0.2) is 42.7 Å². The first-order valence-corrected chi connectivity index (χ1v) is 8.36. The van der Waals surface area contributed by atoms with Crippen LogP contribution in [-0.2, 0) is 0 Å². The number of anilines is 3. The van der Waals surface area contributed by atoms with Crippen molar-refractivity contribution in [3.8, 4) is 11.4 Å². The van der Waals surface area contributed by atoms with Gasteiger partial charge in [-0.25, -0.2) is 18.2 Å². The molecule has 0 unspecified atom stereocenters. The van der Waals surface area contributed by atoms with Crippen molar-refractivity contribution < 1.29 is 13.2 Å². The summed E-state index contributed by atoms with van der Waals surface area (Å²) in [5.41, 5.74) is 2.59. The molecular weight excluding hydrogens is 369 g/mol. The van der Waals surface area contributed by atoms with Gasteiger partial charge in [0.15, 0.2) is 5.82 Å². The molecule has 0 aromatic carbocycles. The number of rotatable bonds is 7. The number of aryl methyl sites for hydroxylation is 1. The van der Waals surface area contributed by atoms with Gasteiger partial charge in [0, 0.05) is 30.0 Å². The molecule has 0 spiro atoms. The largest absolute Gasteiger partial charge is 0.376 e. The molecule has 0 radical (unpaired) electrons. The van der Waals surface area contributed by atoms with Crippen molar-refractivity contribution in [1.29, 1.82) is 5.41 Å². The van der Waals surface area contributed by atoms with Gasteiger partial charge in [-0.1, -0.05) is 0 Å². The number of alkyl halides is 2. The molecular formula is C19H17F3N6. The highest BCUT2D eigenvalue weighted by Crippen LogP contribution is 2.29. The Kier molecular flexibility index (Phi) is 5.83. The summed E-state index contributed by atoms with van der Waals surface area (Å²) in [4.78, 5) is 12.3. The minimum Gasteiger partial charge on any atom is -0.376 e. The molecule has 0 saturated carbocycles. The first-order valence-electron chi connectivity index (χ1n) is 8.36. The lowest BCUT2D eigenvalue weighted by molar-refractivity contribution is 0.163. The van der Waals surface area contributed by atoms with Crippen molar-refractivity contribution in [3.63, 3.8) is 0 Å². The number of nitrogens with zero attached hydrogens (tertiary/aromatic N) is 3. The van der Waals surface area contributed by atoms with Crippen LogP contribution in [-0.4, -0.2) is 34.1 Å². The van der Waals surface area contributed by atoms with Crippen molar-refractivity contribution in [1.82, 2.24) is 15.0 Å². The van der Waals surface area contributed by atoms with Gasteiger partial charge in [-0.15, -0.1) is 0 Å². The van der Waals surface area contributed by atoms with E-state index in [0.29, 0.717) is 22.8 Å². The Labute approximate surface area is 159 Å². The highest BCUT2D eigenvalue weighted by molar-refractivity contribution is 5.90. The first kappa shape index (κ1) is 19.3. The van der Waals surface area contributed by atoms with E-state index in [4.69, 9.17) is 5.41 Å². The summed E-state index contributed by atoms with van der Waals surface area (Å²) in [6.07, 6.45) is 1.37. The minimum atomic E-state index is -2.56. The van der Waals surface area contributed by atoms with E-state index in [0.717, 1.165) is 6.21 Å². The summed E-state index contributed by atoms with van der Waals surface area (Å²) in [6.45, 7) is 1.17. The van der Waals surface area contributed by atoms with Crippen LogP contribution in [0.1, 0.15) is 11.4 Å². The van der Waals surface area contributed by atoms with E-state index in [1.165, 1.54) is 18.5 Å². The summed E-state index contributed by atoms with van der Waals surface area (Å²) in [5.74, 6) is -0.496. The third-order valence-corrected chi connectivity index (χ3v) is 3.82. The van der Waals surface area contributed by atoms with Gasteiger partial charge < -0.3 is 16.0 Å². The molecule has 3 N–H and O–H groups in total. The number of hydrogen-bond acceptors (Lipinski definition) is 6. The molecule has 3 aromatic rings. The third kappa shape index (κ3) is 4.43. The maximum atomic E-state index is 14.1. The van der Waals surface area contributed by atoms with Gasteiger partial charge >= 0.3 is 0 Å². The van der Waals surface area contributed by atoms with E-state index < -0.39 is 18.8 Å². The lowest BCUT2D eigenvalue weighted by Gasteiger charge is -2.16. The number of halogens is 3. The van der Waals surface area contributed by atoms with Crippen molar-refractivity contribution in [2.45, 2.75) is 13.3 Å². The molecule has 28 heavy (non-hydrogen) atoms. The Hall–Kier alpha value is -3.49. The number of hydrogen-bond donors (Lipinski definition) is 3. The fraction of sp³-hybridized carbons (Fsp3) is 0.158. The molecule has 6 nitrogen and oxygen atoms in total. The predicted octanol–water partition coefficient (Wildman–Crippen LogP) is 4.40. The lowest BCUT2D eigenvalue weighted by atomic mass is 10.2. The summed E-state index contributed by atoms with van der Waals surface area (Å²) in [6, 6.07) is 7.74. The highest BCUT2D eigenvalue weighted by atomic mass is 19.3. The Bertz CT molecular complexity index is 993. The van der Waals surface area contributed by atoms with E-state index >= 15 is 0 Å². The standard InChI is InChI=1S/C19H17F3N6/c1-11-2-3-13(20)18(27-11)15-8-12(4-6-24-15)28-14-5-7-25-16(9-23)19(14)26-10-17(21)22/h2-9,17,23,26H,10H2,1H3,(H,24,25,28). The smallest absolute Gasteiger partial charge is 0.255 e. The van der Waals surface area contributed by atoms with Crippen molar-refractivity contribution in [3.05, 3.63) is 59.9 Å². The monoisotopic (exact) mass is 386 g/mol. The molecule has 0 amide bonds. The summed E-state index contributed by atoms with van der Waals surface area (Å²) in [5, 5.41) is 13.1. The zero-order chi connectivity index (χ0) is 20.1. The van der Waals surface area contributed by atoms with E-state index in [2.05, 4.69) is 25.6 Å². The van der Waals surface area contributed by atoms with Crippen LogP contribution >= 0.6 is 0 Å². The van der Waals surface area contributed by atoms with Crippen LogP contribution in [0.5, 0.6) is 0 Å². The normalized spacial score (nSPS) is 10.8. The molecule has 0 atom stereocenters. The number of nitrogens with one attached hydrogen (secondary N) is 3. The van der Waals surface area contributed by atoms with Crippen LogP contribution in [0.3, 0.4) is 0 Å². The Morgan fingerprint density at radius 1 is 1.14 bits per heavy atom. The molecule has 3 aromatic heterocycles. The summed E-state index contributed by atoms with van der Waals surface area (Å²) in [7, 11) is 0. The van der Waals surface area contributed by atoms with E-state index in [-0.39, 0.29) is 17.1 Å².